The first-order valence-electron chi connectivity index (χ1n) is 3.95. The van der Waals surface area contributed by atoms with E-state index in [1.807, 2.05) is 0 Å². The molecule has 0 spiro atoms. The van der Waals surface area contributed by atoms with Crippen molar-refractivity contribution in [2.24, 2.45) is 0 Å². The Morgan fingerprint density at radius 3 is 3.08 bits per heavy atom. The van der Waals surface area contributed by atoms with Gasteiger partial charge >= 0.3 is 0 Å². The first-order chi connectivity index (χ1) is 6.36. The smallest absolute Gasteiger partial charge is 0.218 e. The fourth-order valence-corrected chi connectivity index (χ4v) is 1.14. The molecule has 0 saturated carbocycles. The highest BCUT2D eigenvalue weighted by molar-refractivity contribution is 7.98. The fourth-order valence-electron chi connectivity index (χ4n) is 0.829. The minimum Gasteiger partial charge on any atom is -0.481 e. The van der Waals surface area contributed by atoms with E-state index in [4.69, 9.17) is 4.74 Å². The van der Waals surface area contributed by atoms with Crippen molar-refractivity contribution in [2.45, 2.75) is 0 Å². The third kappa shape index (κ3) is 3.50. The molecule has 13 heavy (non-hydrogen) atoms. The number of aromatic nitrogens is 2. The molecule has 0 aliphatic carbocycles. The number of thioether (sulfide) groups is 1. The second-order valence-electron chi connectivity index (χ2n) is 2.37. The molecule has 1 aromatic heterocycles. The number of rotatable bonds is 5. The summed E-state index contributed by atoms with van der Waals surface area (Å²) in [5.41, 5.74) is 0. The Morgan fingerprint density at radius 1 is 1.54 bits per heavy atom. The molecular formula is C8H13N3OS. The highest BCUT2D eigenvalue weighted by atomic mass is 32.2. The summed E-state index contributed by atoms with van der Waals surface area (Å²) in [6, 6.07) is 1.78. The molecule has 0 radical (unpaired) electrons. The van der Waals surface area contributed by atoms with Gasteiger partial charge in [0.25, 0.3) is 0 Å². The maximum absolute atomic E-state index is 4.96. The van der Waals surface area contributed by atoms with E-state index in [2.05, 4.69) is 21.5 Å². The van der Waals surface area contributed by atoms with Gasteiger partial charge in [0.2, 0.25) is 5.88 Å². The summed E-state index contributed by atoms with van der Waals surface area (Å²) >= 11 is 1.79. The van der Waals surface area contributed by atoms with Gasteiger partial charge in [-0.3, -0.25) is 0 Å². The first kappa shape index (κ1) is 10.1. The van der Waals surface area contributed by atoms with E-state index in [1.165, 1.54) is 6.33 Å². The van der Waals surface area contributed by atoms with Crippen molar-refractivity contribution in [3.8, 4) is 5.88 Å². The highest BCUT2D eigenvalue weighted by Crippen LogP contribution is 2.09. The number of anilines is 1. The standard InChI is InChI=1S/C8H13N3OS/c1-12-8-5-7(10-6-11-8)9-3-4-13-2/h5-6H,3-4H2,1-2H3,(H,9,10,11). The molecule has 4 nitrogen and oxygen atoms in total. The van der Waals surface area contributed by atoms with Gasteiger partial charge in [0.05, 0.1) is 7.11 Å². The number of ether oxygens (including phenoxy) is 1. The molecule has 0 bridgehead atoms. The Labute approximate surface area is 82.1 Å². The van der Waals surface area contributed by atoms with Gasteiger partial charge in [-0.25, -0.2) is 9.97 Å². The highest BCUT2D eigenvalue weighted by Gasteiger charge is 1.96. The molecule has 0 aliphatic heterocycles. The van der Waals surface area contributed by atoms with Crippen LogP contribution in [0, 0.1) is 0 Å². The summed E-state index contributed by atoms with van der Waals surface area (Å²) in [6.45, 7) is 0.904. The Hall–Kier alpha value is -0.970. The van der Waals surface area contributed by atoms with Crippen LogP contribution in [0.5, 0.6) is 5.88 Å². The molecule has 0 unspecified atom stereocenters. The van der Waals surface area contributed by atoms with Gasteiger partial charge in [0.15, 0.2) is 0 Å². The summed E-state index contributed by atoms with van der Waals surface area (Å²) in [5.74, 6) is 2.45. The number of hydrogen-bond acceptors (Lipinski definition) is 5. The summed E-state index contributed by atoms with van der Waals surface area (Å²) in [4.78, 5) is 7.96. The minimum absolute atomic E-state index is 0.585. The Balaban J connectivity index is 2.46. The predicted octanol–water partition coefficient (Wildman–Crippen LogP) is 1.26. The lowest BCUT2D eigenvalue weighted by Gasteiger charge is -2.04. The Kier molecular flexibility index (Phi) is 4.39. The molecule has 0 aliphatic rings. The largest absolute Gasteiger partial charge is 0.481 e. The van der Waals surface area contributed by atoms with Crippen molar-refractivity contribution in [2.75, 3.05) is 31.0 Å². The zero-order valence-corrected chi connectivity index (χ0v) is 8.60. The van der Waals surface area contributed by atoms with Crippen LogP contribution < -0.4 is 10.1 Å². The molecule has 1 aromatic rings. The summed E-state index contributed by atoms with van der Waals surface area (Å²) < 4.78 is 4.96. The molecule has 1 rings (SSSR count). The third-order valence-electron chi connectivity index (χ3n) is 1.46. The average Bonchev–Trinajstić information content (AvgIpc) is 2.19. The lowest BCUT2D eigenvalue weighted by Crippen LogP contribution is -2.05. The lowest BCUT2D eigenvalue weighted by atomic mass is 10.5. The quantitative estimate of drug-likeness (QED) is 0.723. The van der Waals surface area contributed by atoms with Crippen LogP contribution in [0.4, 0.5) is 5.82 Å². The van der Waals surface area contributed by atoms with Crippen molar-refractivity contribution in [3.63, 3.8) is 0 Å². The SMILES string of the molecule is COc1cc(NCCSC)ncn1. The van der Waals surface area contributed by atoms with Crippen LogP contribution in [0.2, 0.25) is 0 Å². The van der Waals surface area contributed by atoms with Crippen molar-refractivity contribution in [3.05, 3.63) is 12.4 Å². The minimum atomic E-state index is 0.585. The van der Waals surface area contributed by atoms with E-state index in [0.29, 0.717) is 5.88 Å². The molecule has 0 saturated heterocycles. The maximum atomic E-state index is 4.96. The summed E-state index contributed by atoms with van der Waals surface area (Å²) in [7, 11) is 1.59. The van der Waals surface area contributed by atoms with Gasteiger partial charge in [-0.2, -0.15) is 11.8 Å². The van der Waals surface area contributed by atoms with Gasteiger partial charge in [0, 0.05) is 18.4 Å². The van der Waals surface area contributed by atoms with Crippen LogP contribution in [0.1, 0.15) is 0 Å². The van der Waals surface area contributed by atoms with Gasteiger partial charge in [-0.1, -0.05) is 0 Å². The van der Waals surface area contributed by atoms with Crippen molar-refractivity contribution in [1.82, 2.24) is 9.97 Å². The molecule has 1 N–H and O–H groups in total. The number of nitrogens with zero attached hydrogens (tertiary/aromatic N) is 2. The Morgan fingerprint density at radius 2 is 2.38 bits per heavy atom. The second kappa shape index (κ2) is 5.64. The van der Waals surface area contributed by atoms with Crippen molar-refractivity contribution >= 4 is 17.6 Å². The maximum Gasteiger partial charge on any atom is 0.218 e. The van der Waals surface area contributed by atoms with E-state index < -0.39 is 0 Å². The molecule has 5 heteroatoms. The molecule has 72 valence electrons. The number of nitrogens with one attached hydrogen (secondary N) is 1. The zero-order valence-electron chi connectivity index (χ0n) is 7.78. The molecule has 0 amide bonds. The van der Waals surface area contributed by atoms with Crippen molar-refractivity contribution < 1.29 is 4.74 Å². The molecule has 0 fully saturated rings. The van der Waals surface area contributed by atoms with Crippen molar-refractivity contribution in [1.29, 1.82) is 0 Å². The normalized spacial score (nSPS) is 9.69. The topological polar surface area (TPSA) is 47.0 Å². The predicted molar refractivity (Wildman–Crippen MR) is 55.5 cm³/mol. The Bertz CT molecular complexity index is 257. The van der Waals surface area contributed by atoms with E-state index in [9.17, 15) is 0 Å². The van der Waals surface area contributed by atoms with E-state index in [1.54, 1.807) is 24.9 Å². The van der Waals surface area contributed by atoms with Crippen LogP contribution in [0.15, 0.2) is 12.4 Å². The molecule has 0 aromatic carbocycles. The van der Waals surface area contributed by atoms with E-state index in [-0.39, 0.29) is 0 Å². The van der Waals surface area contributed by atoms with Crippen LogP contribution in [0.3, 0.4) is 0 Å². The van der Waals surface area contributed by atoms with Crippen LogP contribution in [-0.4, -0.2) is 35.6 Å². The van der Waals surface area contributed by atoms with Gasteiger partial charge in [0.1, 0.15) is 12.1 Å². The fraction of sp³-hybridized carbons (Fsp3) is 0.500. The summed E-state index contributed by atoms with van der Waals surface area (Å²) in [5, 5.41) is 3.17. The third-order valence-corrected chi connectivity index (χ3v) is 2.08. The molecular weight excluding hydrogens is 186 g/mol. The number of hydrogen-bond donors (Lipinski definition) is 1. The first-order valence-corrected chi connectivity index (χ1v) is 5.35. The van der Waals surface area contributed by atoms with Gasteiger partial charge in [-0.05, 0) is 6.26 Å². The van der Waals surface area contributed by atoms with E-state index in [0.717, 1.165) is 18.1 Å². The average molecular weight is 199 g/mol. The van der Waals surface area contributed by atoms with Gasteiger partial charge in [-0.15, -0.1) is 0 Å². The lowest BCUT2D eigenvalue weighted by molar-refractivity contribution is 0.397. The van der Waals surface area contributed by atoms with Crippen LogP contribution in [0.25, 0.3) is 0 Å². The van der Waals surface area contributed by atoms with Gasteiger partial charge < -0.3 is 10.1 Å². The van der Waals surface area contributed by atoms with Crippen LogP contribution in [-0.2, 0) is 0 Å². The summed E-state index contributed by atoms with van der Waals surface area (Å²) in [6.07, 6.45) is 3.56. The monoisotopic (exact) mass is 199 g/mol. The molecule has 1 heterocycles. The number of methoxy groups -OCH3 is 1. The zero-order chi connectivity index (χ0) is 9.52. The second-order valence-corrected chi connectivity index (χ2v) is 3.35. The van der Waals surface area contributed by atoms with E-state index >= 15 is 0 Å². The van der Waals surface area contributed by atoms with Crippen LogP contribution >= 0.6 is 11.8 Å². The molecule has 0 atom stereocenters.